The fourth-order valence-electron chi connectivity index (χ4n) is 1.13. The molecule has 16 heavy (non-hydrogen) atoms. The zero-order chi connectivity index (χ0) is 12.5. The number of ether oxygens (including phenoxy) is 1. The van der Waals surface area contributed by atoms with E-state index >= 15 is 0 Å². The number of methoxy groups -OCH3 is 1. The lowest BCUT2D eigenvalue weighted by atomic mass is 10.2. The van der Waals surface area contributed by atoms with Crippen LogP contribution >= 0.6 is 0 Å². The van der Waals surface area contributed by atoms with Crippen LogP contribution in [0.2, 0.25) is 0 Å². The number of nitrogens with two attached hydrogens (primary N) is 1. The Morgan fingerprint density at radius 3 is 2.44 bits per heavy atom. The van der Waals surface area contributed by atoms with E-state index in [9.17, 15) is 17.6 Å². The largest absolute Gasteiger partial charge is 0.495 e. The number of primary sulfonamides is 1. The van der Waals surface area contributed by atoms with E-state index in [4.69, 9.17) is 10.2 Å². The molecule has 0 aliphatic rings. The van der Waals surface area contributed by atoms with Gasteiger partial charge in [-0.25, -0.2) is 22.7 Å². The number of benzene rings is 1. The van der Waals surface area contributed by atoms with Gasteiger partial charge in [0, 0.05) is 0 Å². The average Bonchev–Trinajstić information content (AvgIpc) is 2.14. The summed E-state index contributed by atoms with van der Waals surface area (Å²) in [7, 11) is -3.28. The van der Waals surface area contributed by atoms with Gasteiger partial charge in [0.05, 0.1) is 12.7 Å². The number of carboxylic acids is 1. The van der Waals surface area contributed by atoms with Crippen LogP contribution in [0.1, 0.15) is 10.4 Å². The predicted octanol–water partition coefficient (Wildman–Crippen LogP) is 0.180. The van der Waals surface area contributed by atoms with Crippen LogP contribution in [0.3, 0.4) is 0 Å². The van der Waals surface area contributed by atoms with Crippen molar-refractivity contribution in [3.05, 3.63) is 23.5 Å². The van der Waals surface area contributed by atoms with Crippen LogP contribution in [0.4, 0.5) is 4.39 Å². The van der Waals surface area contributed by atoms with Crippen molar-refractivity contribution in [2.24, 2.45) is 5.14 Å². The maximum atomic E-state index is 13.5. The normalized spacial score (nSPS) is 11.2. The number of hydrogen-bond acceptors (Lipinski definition) is 4. The van der Waals surface area contributed by atoms with Crippen LogP contribution < -0.4 is 9.88 Å². The Morgan fingerprint density at radius 2 is 2.06 bits per heavy atom. The van der Waals surface area contributed by atoms with Crippen molar-refractivity contribution in [3.8, 4) is 5.75 Å². The van der Waals surface area contributed by atoms with Crippen LogP contribution in [0.15, 0.2) is 17.0 Å². The van der Waals surface area contributed by atoms with Gasteiger partial charge in [-0.3, -0.25) is 0 Å². The van der Waals surface area contributed by atoms with Gasteiger partial charge in [-0.2, -0.15) is 0 Å². The minimum absolute atomic E-state index is 0.343. The van der Waals surface area contributed by atoms with Crippen LogP contribution in [0.5, 0.6) is 5.75 Å². The molecule has 0 aliphatic heterocycles. The number of carboxylic acid groups (broad SMARTS) is 1. The zero-order valence-electron chi connectivity index (χ0n) is 8.10. The first kappa shape index (κ1) is 12.4. The monoisotopic (exact) mass is 249 g/mol. The molecule has 0 bridgehead atoms. The standard InChI is InChI=1S/C8H8FNO5S/c1-15-5-3-2-4(8(11)12)6(9)7(5)16(10,13)14/h2-3H,1H3,(H,11,12)(H2,10,13,14). The van der Waals surface area contributed by atoms with E-state index in [0.717, 1.165) is 19.2 Å². The molecule has 8 heteroatoms. The molecule has 0 heterocycles. The summed E-state index contributed by atoms with van der Waals surface area (Å²) in [5.74, 6) is -3.37. The summed E-state index contributed by atoms with van der Waals surface area (Å²) in [6.45, 7) is 0. The number of sulfonamides is 1. The van der Waals surface area contributed by atoms with E-state index in [1.807, 2.05) is 0 Å². The van der Waals surface area contributed by atoms with Gasteiger partial charge in [0.2, 0.25) is 10.0 Å². The molecule has 0 radical (unpaired) electrons. The summed E-state index contributed by atoms with van der Waals surface area (Å²) < 4.78 is 40.3. The minimum atomic E-state index is -4.40. The molecule has 0 saturated carbocycles. The molecule has 3 N–H and O–H groups in total. The molecular formula is C8H8FNO5S. The molecule has 0 fully saturated rings. The second kappa shape index (κ2) is 4.06. The molecule has 1 rings (SSSR count). The van der Waals surface area contributed by atoms with Crippen molar-refractivity contribution < 1.29 is 27.4 Å². The predicted molar refractivity (Wildman–Crippen MR) is 51.3 cm³/mol. The van der Waals surface area contributed by atoms with Crippen molar-refractivity contribution >= 4 is 16.0 Å². The Labute approximate surface area is 90.5 Å². The van der Waals surface area contributed by atoms with Gasteiger partial charge >= 0.3 is 5.97 Å². The maximum absolute atomic E-state index is 13.5. The van der Waals surface area contributed by atoms with Crippen molar-refractivity contribution in [2.45, 2.75) is 4.90 Å². The lowest BCUT2D eigenvalue weighted by Crippen LogP contribution is -2.17. The molecule has 0 aromatic heterocycles. The van der Waals surface area contributed by atoms with Crippen molar-refractivity contribution in [1.82, 2.24) is 0 Å². The Bertz CT molecular complexity index is 540. The molecule has 6 nitrogen and oxygen atoms in total. The third-order valence-electron chi connectivity index (χ3n) is 1.80. The second-order valence-electron chi connectivity index (χ2n) is 2.81. The first-order valence-electron chi connectivity index (χ1n) is 3.91. The highest BCUT2D eigenvalue weighted by Crippen LogP contribution is 2.27. The second-order valence-corrected chi connectivity index (χ2v) is 4.31. The van der Waals surface area contributed by atoms with Crippen LogP contribution in [0.25, 0.3) is 0 Å². The summed E-state index contributed by atoms with van der Waals surface area (Å²) in [6.07, 6.45) is 0. The van der Waals surface area contributed by atoms with E-state index in [-0.39, 0.29) is 5.75 Å². The first-order valence-corrected chi connectivity index (χ1v) is 5.46. The van der Waals surface area contributed by atoms with Gasteiger partial charge in [-0.1, -0.05) is 0 Å². The fourth-order valence-corrected chi connectivity index (χ4v) is 1.92. The van der Waals surface area contributed by atoms with Crippen LogP contribution in [-0.4, -0.2) is 26.6 Å². The summed E-state index contributed by atoms with van der Waals surface area (Å²) in [6, 6.07) is 1.91. The van der Waals surface area contributed by atoms with E-state index in [0.29, 0.717) is 0 Å². The Kier molecular flexibility index (Phi) is 3.15. The third kappa shape index (κ3) is 2.12. The molecule has 0 aliphatic carbocycles. The molecule has 0 saturated heterocycles. The third-order valence-corrected chi connectivity index (χ3v) is 2.75. The summed E-state index contributed by atoms with van der Waals surface area (Å²) in [5.41, 5.74) is -0.787. The topological polar surface area (TPSA) is 107 Å². The van der Waals surface area contributed by atoms with E-state index < -0.39 is 32.3 Å². The van der Waals surface area contributed by atoms with Gasteiger partial charge in [-0.15, -0.1) is 0 Å². The minimum Gasteiger partial charge on any atom is -0.495 e. The van der Waals surface area contributed by atoms with Crippen molar-refractivity contribution in [2.75, 3.05) is 7.11 Å². The zero-order valence-corrected chi connectivity index (χ0v) is 8.91. The van der Waals surface area contributed by atoms with E-state index in [2.05, 4.69) is 4.74 Å². The average molecular weight is 249 g/mol. The number of rotatable bonds is 3. The molecule has 0 unspecified atom stereocenters. The first-order chi connectivity index (χ1) is 7.29. The Balaban J connectivity index is 3.67. The fraction of sp³-hybridized carbons (Fsp3) is 0.125. The molecule has 1 aromatic rings. The molecule has 1 aromatic carbocycles. The number of halogens is 1. The molecule has 0 atom stereocenters. The Morgan fingerprint density at radius 1 is 1.50 bits per heavy atom. The summed E-state index contributed by atoms with van der Waals surface area (Å²) >= 11 is 0. The van der Waals surface area contributed by atoms with Gasteiger partial charge in [0.15, 0.2) is 10.7 Å². The number of aromatic carboxylic acids is 1. The molecule has 0 spiro atoms. The lowest BCUT2D eigenvalue weighted by Gasteiger charge is -2.08. The highest BCUT2D eigenvalue weighted by Gasteiger charge is 2.25. The highest BCUT2D eigenvalue weighted by atomic mass is 32.2. The van der Waals surface area contributed by atoms with E-state index in [1.165, 1.54) is 0 Å². The lowest BCUT2D eigenvalue weighted by molar-refractivity contribution is 0.0691. The van der Waals surface area contributed by atoms with Crippen LogP contribution in [-0.2, 0) is 10.0 Å². The quantitative estimate of drug-likeness (QED) is 0.794. The maximum Gasteiger partial charge on any atom is 0.338 e. The van der Waals surface area contributed by atoms with Gasteiger partial charge < -0.3 is 9.84 Å². The number of hydrogen-bond donors (Lipinski definition) is 2. The SMILES string of the molecule is COc1ccc(C(=O)O)c(F)c1S(N)(=O)=O. The molecular weight excluding hydrogens is 241 g/mol. The summed E-state index contributed by atoms with van der Waals surface area (Å²) in [4.78, 5) is 9.62. The summed E-state index contributed by atoms with van der Waals surface area (Å²) in [5, 5.41) is 13.4. The van der Waals surface area contributed by atoms with Crippen LogP contribution in [0, 0.1) is 5.82 Å². The Hall–Kier alpha value is -1.67. The van der Waals surface area contributed by atoms with Gasteiger partial charge in [-0.05, 0) is 12.1 Å². The van der Waals surface area contributed by atoms with Gasteiger partial charge in [0.25, 0.3) is 0 Å². The van der Waals surface area contributed by atoms with Crippen molar-refractivity contribution in [3.63, 3.8) is 0 Å². The van der Waals surface area contributed by atoms with Crippen molar-refractivity contribution in [1.29, 1.82) is 0 Å². The highest BCUT2D eigenvalue weighted by molar-refractivity contribution is 7.89. The van der Waals surface area contributed by atoms with Gasteiger partial charge in [0.1, 0.15) is 5.75 Å². The number of carbonyl (C=O) groups is 1. The molecule has 0 amide bonds. The van der Waals surface area contributed by atoms with E-state index in [1.54, 1.807) is 0 Å². The molecule has 88 valence electrons. The smallest absolute Gasteiger partial charge is 0.338 e.